The van der Waals surface area contributed by atoms with Gasteiger partial charge in [0.2, 0.25) is 0 Å². The van der Waals surface area contributed by atoms with Crippen LogP contribution in [0.3, 0.4) is 0 Å². The Kier molecular flexibility index (Phi) is 4.19. The first-order chi connectivity index (χ1) is 12.6. The van der Waals surface area contributed by atoms with Gasteiger partial charge in [0.1, 0.15) is 5.65 Å². The molecule has 0 aliphatic carbocycles. The number of hydrogen-bond donors (Lipinski definition) is 1. The van der Waals surface area contributed by atoms with Crippen LogP contribution in [0.4, 0.5) is 5.69 Å². The molecule has 1 N–H and O–H groups in total. The van der Waals surface area contributed by atoms with Crippen molar-refractivity contribution in [2.45, 2.75) is 6.92 Å². The second kappa shape index (κ2) is 6.65. The van der Waals surface area contributed by atoms with Crippen LogP contribution in [0.2, 0.25) is 5.02 Å². The molecule has 0 atom stereocenters. The summed E-state index contributed by atoms with van der Waals surface area (Å²) in [5.74, 6) is -0.169. The molecule has 0 fully saturated rings. The van der Waals surface area contributed by atoms with Gasteiger partial charge >= 0.3 is 0 Å². The van der Waals surface area contributed by atoms with Crippen LogP contribution in [0.1, 0.15) is 15.9 Å². The number of aryl methyl sites for hydroxylation is 1. The molecule has 0 unspecified atom stereocenters. The topological polar surface area (TPSA) is 46.4 Å². The number of carbonyl (C=O) groups is 1. The standard InChI is InChI=1S/C21H16ClN3O/c1-14-10-11-25-13-19(24-20(25)12-14)15-4-8-18(9-5-15)23-21(26)16-2-6-17(22)7-3-16/h2-13H,1H3,(H,23,26). The van der Waals surface area contributed by atoms with Crippen molar-refractivity contribution in [3.8, 4) is 11.3 Å². The predicted molar refractivity (Wildman–Crippen MR) is 105 cm³/mol. The van der Waals surface area contributed by atoms with Crippen molar-refractivity contribution in [1.29, 1.82) is 0 Å². The molecule has 5 heteroatoms. The van der Waals surface area contributed by atoms with E-state index in [1.165, 1.54) is 5.56 Å². The zero-order valence-corrected chi connectivity index (χ0v) is 14.9. The maximum absolute atomic E-state index is 12.3. The number of aromatic nitrogens is 2. The first-order valence-electron chi connectivity index (χ1n) is 8.21. The van der Waals surface area contributed by atoms with E-state index in [0.717, 1.165) is 22.6 Å². The molecular weight excluding hydrogens is 346 g/mol. The number of nitrogens with zero attached hydrogens (tertiary/aromatic N) is 2. The van der Waals surface area contributed by atoms with Gasteiger partial charge in [0, 0.05) is 34.2 Å². The molecule has 0 bridgehead atoms. The molecule has 0 aliphatic rings. The van der Waals surface area contributed by atoms with Gasteiger partial charge in [-0.3, -0.25) is 4.79 Å². The molecule has 128 valence electrons. The second-order valence-corrected chi connectivity index (χ2v) is 6.57. The monoisotopic (exact) mass is 361 g/mol. The number of fused-ring (bicyclic) bond motifs is 1. The number of halogens is 1. The van der Waals surface area contributed by atoms with Crippen molar-refractivity contribution in [1.82, 2.24) is 9.38 Å². The van der Waals surface area contributed by atoms with Crippen LogP contribution in [0.15, 0.2) is 73.1 Å². The van der Waals surface area contributed by atoms with E-state index in [1.54, 1.807) is 24.3 Å². The van der Waals surface area contributed by atoms with E-state index in [9.17, 15) is 4.79 Å². The number of imidazole rings is 1. The van der Waals surface area contributed by atoms with Crippen LogP contribution >= 0.6 is 11.6 Å². The van der Waals surface area contributed by atoms with Crippen LogP contribution in [-0.2, 0) is 0 Å². The van der Waals surface area contributed by atoms with Gasteiger partial charge < -0.3 is 9.72 Å². The molecule has 2 aromatic carbocycles. The van der Waals surface area contributed by atoms with Gasteiger partial charge in [0.05, 0.1) is 5.69 Å². The van der Waals surface area contributed by atoms with Crippen LogP contribution in [-0.4, -0.2) is 15.3 Å². The maximum Gasteiger partial charge on any atom is 0.255 e. The number of pyridine rings is 1. The molecule has 2 heterocycles. The first-order valence-corrected chi connectivity index (χ1v) is 8.59. The van der Waals surface area contributed by atoms with Gasteiger partial charge in [-0.15, -0.1) is 0 Å². The molecular formula is C21H16ClN3O. The fourth-order valence-corrected chi connectivity index (χ4v) is 2.88. The highest BCUT2D eigenvalue weighted by Gasteiger charge is 2.08. The highest BCUT2D eigenvalue weighted by Crippen LogP contribution is 2.22. The summed E-state index contributed by atoms with van der Waals surface area (Å²) in [7, 11) is 0. The van der Waals surface area contributed by atoms with E-state index in [0.29, 0.717) is 10.6 Å². The predicted octanol–water partition coefficient (Wildman–Crippen LogP) is 5.22. The molecule has 4 rings (SSSR count). The normalized spacial score (nSPS) is 10.8. The lowest BCUT2D eigenvalue weighted by Crippen LogP contribution is -2.11. The van der Waals surface area contributed by atoms with Crippen molar-refractivity contribution in [2.24, 2.45) is 0 Å². The Hall–Kier alpha value is -3.11. The van der Waals surface area contributed by atoms with E-state index in [2.05, 4.69) is 10.3 Å². The molecule has 0 spiro atoms. The van der Waals surface area contributed by atoms with E-state index in [1.807, 2.05) is 60.1 Å². The van der Waals surface area contributed by atoms with Crippen molar-refractivity contribution in [2.75, 3.05) is 5.32 Å². The number of carbonyl (C=O) groups excluding carboxylic acids is 1. The van der Waals surface area contributed by atoms with Crippen LogP contribution in [0.5, 0.6) is 0 Å². The Labute approximate surface area is 156 Å². The molecule has 4 nitrogen and oxygen atoms in total. The fourth-order valence-electron chi connectivity index (χ4n) is 2.75. The number of hydrogen-bond acceptors (Lipinski definition) is 2. The highest BCUT2D eigenvalue weighted by molar-refractivity contribution is 6.30. The average molecular weight is 362 g/mol. The first kappa shape index (κ1) is 16.4. The Morgan fingerprint density at radius 2 is 1.77 bits per heavy atom. The number of benzene rings is 2. The van der Waals surface area contributed by atoms with Crippen molar-refractivity contribution >= 4 is 28.8 Å². The lowest BCUT2D eigenvalue weighted by atomic mass is 10.1. The lowest BCUT2D eigenvalue weighted by Gasteiger charge is -2.06. The van der Waals surface area contributed by atoms with E-state index < -0.39 is 0 Å². The molecule has 0 aliphatic heterocycles. The van der Waals surface area contributed by atoms with Gasteiger partial charge in [-0.25, -0.2) is 4.98 Å². The molecule has 1 amide bonds. The SMILES string of the molecule is Cc1ccn2cc(-c3ccc(NC(=O)c4ccc(Cl)cc4)cc3)nc2c1. The Balaban J connectivity index is 1.54. The van der Waals surface area contributed by atoms with Gasteiger partial charge in [0.15, 0.2) is 0 Å². The van der Waals surface area contributed by atoms with Gasteiger partial charge in [-0.05, 0) is 61.0 Å². The maximum atomic E-state index is 12.3. The van der Waals surface area contributed by atoms with Gasteiger partial charge in [0.25, 0.3) is 5.91 Å². The van der Waals surface area contributed by atoms with Gasteiger partial charge in [-0.2, -0.15) is 0 Å². The van der Waals surface area contributed by atoms with Crippen LogP contribution < -0.4 is 5.32 Å². The van der Waals surface area contributed by atoms with E-state index in [4.69, 9.17) is 11.6 Å². The number of anilines is 1. The summed E-state index contributed by atoms with van der Waals surface area (Å²) < 4.78 is 2.00. The number of amides is 1. The molecule has 0 saturated carbocycles. The highest BCUT2D eigenvalue weighted by atomic mass is 35.5. The minimum absolute atomic E-state index is 0.169. The zero-order chi connectivity index (χ0) is 18.1. The Morgan fingerprint density at radius 3 is 2.50 bits per heavy atom. The smallest absolute Gasteiger partial charge is 0.255 e. The summed E-state index contributed by atoms with van der Waals surface area (Å²) in [4.78, 5) is 16.9. The van der Waals surface area contributed by atoms with Crippen molar-refractivity contribution in [3.05, 3.63) is 89.2 Å². The van der Waals surface area contributed by atoms with Crippen molar-refractivity contribution in [3.63, 3.8) is 0 Å². The van der Waals surface area contributed by atoms with Crippen molar-refractivity contribution < 1.29 is 4.79 Å². The summed E-state index contributed by atoms with van der Waals surface area (Å²) in [6, 6.07) is 18.5. The minimum atomic E-state index is -0.169. The largest absolute Gasteiger partial charge is 0.322 e. The third-order valence-electron chi connectivity index (χ3n) is 4.16. The van der Waals surface area contributed by atoms with Gasteiger partial charge in [-0.1, -0.05) is 23.7 Å². The van der Waals surface area contributed by atoms with E-state index in [-0.39, 0.29) is 5.91 Å². The zero-order valence-electron chi connectivity index (χ0n) is 14.1. The third kappa shape index (κ3) is 3.32. The summed E-state index contributed by atoms with van der Waals surface area (Å²) >= 11 is 5.85. The quantitative estimate of drug-likeness (QED) is 0.544. The fraction of sp³-hybridized carbons (Fsp3) is 0.0476. The number of rotatable bonds is 3. The number of nitrogens with one attached hydrogen (secondary N) is 1. The molecule has 26 heavy (non-hydrogen) atoms. The summed E-state index contributed by atoms with van der Waals surface area (Å²) in [6.07, 6.45) is 4.00. The van der Waals surface area contributed by atoms with Crippen LogP contribution in [0, 0.1) is 6.92 Å². The summed E-state index contributed by atoms with van der Waals surface area (Å²) in [5.41, 5.74) is 5.28. The molecule has 4 aromatic rings. The molecule has 2 aromatic heterocycles. The summed E-state index contributed by atoms with van der Waals surface area (Å²) in [6.45, 7) is 2.05. The van der Waals surface area contributed by atoms with E-state index >= 15 is 0 Å². The third-order valence-corrected chi connectivity index (χ3v) is 4.41. The Bertz CT molecular complexity index is 1080. The summed E-state index contributed by atoms with van der Waals surface area (Å²) in [5, 5.41) is 3.49. The molecule has 0 saturated heterocycles. The Morgan fingerprint density at radius 1 is 1.04 bits per heavy atom. The van der Waals surface area contributed by atoms with Crippen LogP contribution in [0.25, 0.3) is 16.9 Å². The second-order valence-electron chi connectivity index (χ2n) is 6.13. The average Bonchev–Trinajstić information content (AvgIpc) is 3.06. The minimum Gasteiger partial charge on any atom is -0.322 e. The molecule has 0 radical (unpaired) electrons. The lowest BCUT2D eigenvalue weighted by molar-refractivity contribution is 0.102.